The second kappa shape index (κ2) is 9.40. The maximum Gasteiger partial charge on any atom is 0.310 e. The van der Waals surface area contributed by atoms with Crippen LogP contribution in [0.25, 0.3) is 0 Å². The van der Waals surface area contributed by atoms with Gasteiger partial charge in [-0.05, 0) is 50.7 Å². The summed E-state index contributed by atoms with van der Waals surface area (Å²) in [6.07, 6.45) is 7.94. The number of hydrogen-bond acceptors (Lipinski definition) is 3. The first kappa shape index (κ1) is 19.2. The molecule has 0 saturated carbocycles. The van der Waals surface area contributed by atoms with Gasteiger partial charge >= 0.3 is 5.97 Å². The summed E-state index contributed by atoms with van der Waals surface area (Å²) in [5, 5.41) is 0. The zero-order valence-corrected chi connectivity index (χ0v) is 15.6. The Balaban J connectivity index is 2.12. The van der Waals surface area contributed by atoms with Crippen LogP contribution in [0.1, 0.15) is 54.9 Å². The number of carbonyl (C=O) groups excluding carboxylic acids is 2. The third-order valence-corrected chi connectivity index (χ3v) is 4.85. The largest absolute Gasteiger partial charge is 0.469 e. The van der Waals surface area contributed by atoms with E-state index in [4.69, 9.17) is 4.74 Å². The van der Waals surface area contributed by atoms with Gasteiger partial charge in [-0.1, -0.05) is 36.8 Å². The summed E-state index contributed by atoms with van der Waals surface area (Å²) in [5.41, 5.74) is 3.09. The van der Waals surface area contributed by atoms with Crippen LogP contribution in [0.3, 0.4) is 0 Å². The predicted octanol–water partition coefficient (Wildman–Crippen LogP) is 4.14. The molecule has 0 N–H and O–H groups in total. The number of allylic oxidation sites excluding steroid dienone is 1. The summed E-state index contributed by atoms with van der Waals surface area (Å²) in [4.78, 5) is 26.7. The van der Waals surface area contributed by atoms with E-state index in [9.17, 15) is 9.59 Å². The minimum Gasteiger partial charge on any atom is -0.469 e. The molecule has 4 nitrogen and oxygen atoms in total. The van der Waals surface area contributed by atoms with Crippen LogP contribution >= 0.6 is 0 Å². The molecule has 0 radical (unpaired) electrons. The molecule has 0 heterocycles. The van der Waals surface area contributed by atoms with Gasteiger partial charge in [0.25, 0.3) is 5.91 Å². The Bertz CT molecular complexity index is 636. The van der Waals surface area contributed by atoms with Gasteiger partial charge in [-0.15, -0.1) is 0 Å². The van der Waals surface area contributed by atoms with Gasteiger partial charge in [0.15, 0.2) is 0 Å². The van der Waals surface area contributed by atoms with Crippen LogP contribution in [0, 0.1) is 12.8 Å². The number of ether oxygens (including phenoxy) is 1. The predicted molar refractivity (Wildman–Crippen MR) is 99.4 cm³/mol. The highest BCUT2D eigenvalue weighted by atomic mass is 16.5. The molecule has 1 aromatic carbocycles. The molecule has 1 aliphatic carbocycles. The minimum atomic E-state index is -0.335. The Labute approximate surface area is 150 Å². The van der Waals surface area contributed by atoms with Crippen LogP contribution in [0.5, 0.6) is 0 Å². The Morgan fingerprint density at radius 2 is 2.00 bits per heavy atom. The van der Waals surface area contributed by atoms with Crippen LogP contribution < -0.4 is 0 Å². The van der Waals surface area contributed by atoms with Crippen LogP contribution in [0.2, 0.25) is 0 Å². The molecule has 25 heavy (non-hydrogen) atoms. The van der Waals surface area contributed by atoms with E-state index >= 15 is 0 Å². The van der Waals surface area contributed by atoms with E-state index in [0.717, 1.165) is 24.8 Å². The van der Waals surface area contributed by atoms with Gasteiger partial charge in [-0.2, -0.15) is 0 Å². The van der Waals surface area contributed by atoms with Crippen molar-refractivity contribution in [2.75, 3.05) is 20.2 Å². The molecule has 0 aromatic heterocycles. The third-order valence-electron chi connectivity index (χ3n) is 4.85. The second-order valence-corrected chi connectivity index (χ2v) is 6.85. The van der Waals surface area contributed by atoms with E-state index in [-0.39, 0.29) is 17.8 Å². The van der Waals surface area contributed by atoms with Crippen LogP contribution in [-0.2, 0) is 9.53 Å². The summed E-state index contributed by atoms with van der Waals surface area (Å²) in [6, 6.07) is 7.61. The molecular formula is C21H29NO3. The normalized spacial score (nSPS) is 15.2. The van der Waals surface area contributed by atoms with Gasteiger partial charge in [-0.3, -0.25) is 9.59 Å². The van der Waals surface area contributed by atoms with Crippen molar-refractivity contribution < 1.29 is 14.3 Å². The molecule has 0 spiro atoms. The molecule has 0 aliphatic heterocycles. The lowest BCUT2D eigenvalue weighted by atomic mass is 9.96. The minimum absolute atomic E-state index is 0.00902. The summed E-state index contributed by atoms with van der Waals surface area (Å²) in [6.45, 7) is 4.77. The van der Waals surface area contributed by atoms with Gasteiger partial charge in [0.2, 0.25) is 0 Å². The fourth-order valence-electron chi connectivity index (χ4n) is 3.28. The number of carbonyl (C=O) groups is 2. The average Bonchev–Trinajstić information content (AvgIpc) is 2.64. The number of aryl methyl sites for hydroxylation is 1. The van der Waals surface area contributed by atoms with E-state index < -0.39 is 0 Å². The molecule has 1 aliphatic rings. The fraction of sp³-hybridized carbons (Fsp3) is 0.524. The number of amides is 1. The molecule has 4 heteroatoms. The van der Waals surface area contributed by atoms with E-state index in [1.54, 1.807) is 4.90 Å². The summed E-state index contributed by atoms with van der Waals surface area (Å²) in [7, 11) is 1.39. The van der Waals surface area contributed by atoms with Crippen molar-refractivity contribution in [3.63, 3.8) is 0 Å². The molecule has 0 fully saturated rings. The van der Waals surface area contributed by atoms with Crippen molar-refractivity contribution in [2.45, 2.75) is 46.0 Å². The Kier molecular flexibility index (Phi) is 7.23. The third kappa shape index (κ3) is 5.45. The highest BCUT2D eigenvalue weighted by molar-refractivity contribution is 5.95. The molecule has 136 valence electrons. The lowest BCUT2D eigenvalue weighted by Crippen LogP contribution is -2.38. The van der Waals surface area contributed by atoms with E-state index in [1.807, 2.05) is 38.1 Å². The second-order valence-electron chi connectivity index (χ2n) is 6.85. The standard InChI is InChI=1S/C21H29NO3/c1-16-9-7-8-12-19(16)20(23)22(15-17(2)21(24)25-3)14-13-18-10-5-4-6-11-18/h7-10,12,17H,4-6,11,13-15H2,1-3H3. The van der Waals surface area contributed by atoms with Gasteiger partial charge in [-0.25, -0.2) is 0 Å². The first-order valence-electron chi connectivity index (χ1n) is 9.13. The lowest BCUT2D eigenvalue weighted by Gasteiger charge is -2.27. The summed E-state index contributed by atoms with van der Waals surface area (Å²) >= 11 is 0. The van der Waals surface area contributed by atoms with Gasteiger partial charge in [0.1, 0.15) is 0 Å². The molecule has 1 unspecified atom stereocenters. The number of rotatable bonds is 7. The van der Waals surface area contributed by atoms with Gasteiger partial charge < -0.3 is 9.64 Å². The van der Waals surface area contributed by atoms with Crippen molar-refractivity contribution in [3.8, 4) is 0 Å². The fourth-order valence-corrected chi connectivity index (χ4v) is 3.28. The van der Waals surface area contributed by atoms with Gasteiger partial charge in [0.05, 0.1) is 13.0 Å². The van der Waals surface area contributed by atoms with Crippen LogP contribution in [0.4, 0.5) is 0 Å². The average molecular weight is 343 g/mol. The Morgan fingerprint density at radius 1 is 1.24 bits per heavy atom. The monoisotopic (exact) mass is 343 g/mol. The first-order valence-corrected chi connectivity index (χ1v) is 9.13. The van der Waals surface area contributed by atoms with E-state index in [1.165, 1.54) is 25.5 Å². The highest BCUT2D eigenvalue weighted by Crippen LogP contribution is 2.21. The smallest absolute Gasteiger partial charge is 0.310 e. The number of esters is 1. The maximum atomic E-state index is 13.0. The maximum absolute atomic E-state index is 13.0. The molecule has 0 bridgehead atoms. The summed E-state index contributed by atoms with van der Waals surface area (Å²) < 4.78 is 4.83. The lowest BCUT2D eigenvalue weighted by molar-refractivity contribution is -0.145. The van der Waals surface area contributed by atoms with Gasteiger partial charge in [0, 0.05) is 18.7 Å². The highest BCUT2D eigenvalue weighted by Gasteiger charge is 2.23. The molecule has 1 atom stereocenters. The zero-order chi connectivity index (χ0) is 18.2. The summed E-state index contributed by atoms with van der Waals surface area (Å²) in [5.74, 6) is -0.622. The van der Waals surface area contributed by atoms with Crippen LogP contribution in [-0.4, -0.2) is 37.0 Å². The topological polar surface area (TPSA) is 46.6 Å². The molecule has 0 saturated heterocycles. The van der Waals surface area contributed by atoms with Crippen molar-refractivity contribution in [1.82, 2.24) is 4.90 Å². The van der Waals surface area contributed by atoms with Crippen LogP contribution in [0.15, 0.2) is 35.9 Å². The quantitative estimate of drug-likeness (QED) is 0.552. The number of methoxy groups -OCH3 is 1. The van der Waals surface area contributed by atoms with E-state index in [2.05, 4.69) is 6.08 Å². The van der Waals surface area contributed by atoms with E-state index in [0.29, 0.717) is 18.7 Å². The number of nitrogens with zero attached hydrogens (tertiary/aromatic N) is 1. The number of hydrogen-bond donors (Lipinski definition) is 0. The zero-order valence-electron chi connectivity index (χ0n) is 15.6. The Hall–Kier alpha value is -2.10. The molecule has 1 aromatic rings. The van der Waals surface area contributed by atoms with Crippen molar-refractivity contribution in [2.24, 2.45) is 5.92 Å². The Morgan fingerprint density at radius 3 is 2.64 bits per heavy atom. The van der Waals surface area contributed by atoms with Crippen molar-refractivity contribution >= 4 is 11.9 Å². The molecular weight excluding hydrogens is 314 g/mol. The molecule has 1 amide bonds. The van der Waals surface area contributed by atoms with Crippen molar-refractivity contribution in [3.05, 3.63) is 47.0 Å². The molecule has 2 rings (SSSR count). The SMILES string of the molecule is COC(=O)C(C)CN(CCC1=CCCCC1)C(=O)c1ccccc1C. The van der Waals surface area contributed by atoms with Crippen molar-refractivity contribution in [1.29, 1.82) is 0 Å². The number of benzene rings is 1. The first-order chi connectivity index (χ1) is 12.0.